The summed E-state index contributed by atoms with van der Waals surface area (Å²) in [5.41, 5.74) is 2.74. The van der Waals surface area contributed by atoms with E-state index in [-0.39, 0.29) is 24.1 Å². The Balaban J connectivity index is 1.55. The normalized spacial score (nSPS) is 13.6. The van der Waals surface area contributed by atoms with Crippen LogP contribution in [0, 0.1) is 3.57 Å². The molecule has 212 valence electrons. The number of nitrogens with one attached hydrogen (secondary N) is 2. The molecule has 2 heterocycles. The minimum absolute atomic E-state index is 0.0636. The fourth-order valence-corrected chi connectivity index (χ4v) is 5.67. The molecule has 5 rings (SSSR count). The molecule has 0 aliphatic carbocycles. The molecule has 0 saturated heterocycles. The maximum atomic E-state index is 13.4. The molecule has 0 fully saturated rings. The zero-order chi connectivity index (χ0) is 29.1. The first kappa shape index (κ1) is 28.9. The lowest BCUT2D eigenvalue weighted by Gasteiger charge is -2.24. The summed E-state index contributed by atoms with van der Waals surface area (Å²) < 4.78 is 7.78. The van der Waals surface area contributed by atoms with Gasteiger partial charge < -0.3 is 30.0 Å². The Kier molecular flexibility index (Phi) is 8.83. The van der Waals surface area contributed by atoms with Gasteiger partial charge in [-0.1, -0.05) is 54.9 Å². The van der Waals surface area contributed by atoms with Crippen LogP contribution in [0.4, 0.5) is 0 Å². The summed E-state index contributed by atoms with van der Waals surface area (Å²) in [6, 6.07) is 21.4. The van der Waals surface area contributed by atoms with E-state index in [0.29, 0.717) is 27.9 Å². The maximum absolute atomic E-state index is 13.4. The number of ether oxygens (including phenoxy) is 1. The van der Waals surface area contributed by atoms with Crippen LogP contribution in [0.1, 0.15) is 30.3 Å². The Labute approximate surface area is 254 Å². The predicted molar refractivity (Wildman–Crippen MR) is 165 cm³/mol. The molecule has 3 aromatic carbocycles. The second-order valence-corrected chi connectivity index (χ2v) is 11.3. The second-order valence-electron chi connectivity index (χ2n) is 9.62. The van der Waals surface area contributed by atoms with E-state index >= 15 is 0 Å². The van der Waals surface area contributed by atoms with Crippen molar-refractivity contribution in [3.63, 3.8) is 0 Å². The summed E-state index contributed by atoms with van der Waals surface area (Å²) in [5.74, 6) is 0.455. The lowest BCUT2D eigenvalue weighted by Crippen LogP contribution is -2.27. The molecule has 5 N–H and O–H groups in total. The smallest absolute Gasteiger partial charge is 0.329 e. The Morgan fingerprint density at radius 3 is 2.49 bits per heavy atom. The van der Waals surface area contributed by atoms with Crippen LogP contribution in [-0.2, 0) is 0 Å². The van der Waals surface area contributed by atoms with Crippen molar-refractivity contribution in [2.45, 2.75) is 25.0 Å². The standard InChI is InChI=1S/C30H28ClIN4O5/c1-17(18-5-3-2-4-6-18)27(28-33-14-25(34-28)23-12-9-20(32)13-24(23)31)36-29(39)26(35-30(36)40)19-7-10-22(11-8-19)41-16-21(38)15-37/h2-14,17,21,27,37-39H,15-16H2,1H3,(H,33,34)(H,35,40)/t17-,21-,27-/m0/s1. The lowest BCUT2D eigenvalue weighted by atomic mass is 9.92. The molecule has 0 amide bonds. The van der Waals surface area contributed by atoms with Crippen molar-refractivity contribution in [1.29, 1.82) is 0 Å². The maximum Gasteiger partial charge on any atom is 0.329 e. The number of benzene rings is 3. The SMILES string of the molecule is C[C@@H](c1ccccc1)[C@@H](c1ncc(-c2ccc(I)cc2Cl)[nH]1)n1c(O)c(-c2ccc(OC[C@@H](O)CO)cc2)[nH]c1=O. The number of aromatic hydroxyl groups is 1. The van der Waals surface area contributed by atoms with Crippen molar-refractivity contribution in [3.05, 3.63) is 109 Å². The first-order valence-corrected chi connectivity index (χ1v) is 14.3. The van der Waals surface area contributed by atoms with Gasteiger partial charge in [0, 0.05) is 20.6 Å². The molecular formula is C30H28ClIN4O5. The molecule has 0 unspecified atom stereocenters. The molecule has 0 aliphatic rings. The molecule has 3 atom stereocenters. The van der Waals surface area contributed by atoms with Crippen molar-refractivity contribution in [3.8, 4) is 34.1 Å². The monoisotopic (exact) mass is 686 g/mol. The third-order valence-electron chi connectivity index (χ3n) is 6.87. The van der Waals surface area contributed by atoms with Crippen LogP contribution in [0.25, 0.3) is 22.5 Å². The molecule has 5 aromatic rings. The van der Waals surface area contributed by atoms with Crippen molar-refractivity contribution >= 4 is 34.2 Å². The average Bonchev–Trinajstić information content (AvgIpc) is 3.57. The van der Waals surface area contributed by atoms with E-state index in [1.807, 2.05) is 55.5 Å². The van der Waals surface area contributed by atoms with Crippen LogP contribution in [-0.4, -0.2) is 54.2 Å². The minimum atomic E-state index is -0.989. The van der Waals surface area contributed by atoms with Gasteiger partial charge >= 0.3 is 5.69 Å². The first-order valence-electron chi connectivity index (χ1n) is 12.9. The van der Waals surface area contributed by atoms with Crippen molar-refractivity contribution < 1.29 is 20.1 Å². The van der Waals surface area contributed by atoms with Crippen LogP contribution in [0.2, 0.25) is 5.02 Å². The molecule has 0 bridgehead atoms. The Hall–Kier alpha value is -3.58. The Morgan fingerprint density at radius 2 is 1.80 bits per heavy atom. The second kappa shape index (κ2) is 12.5. The molecule has 11 heteroatoms. The summed E-state index contributed by atoms with van der Waals surface area (Å²) in [6.45, 7) is 1.51. The third-order valence-corrected chi connectivity index (χ3v) is 7.86. The number of aromatic amines is 2. The fourth-order valence-electron chi connectivity index (χ4n) is 4.72. The van der Waals surface area contributed by atoms with Crippen LogP contribution < -0.4 is 10.4 Å². The van der Waals surface area contributed by atoms with E-state index in [1.165, 1.54) is 4.57 Å². The largest absolute Gasteiger partial charge is 0.493 e. The molecular weight excluding hydrogens is 659 g/mol. The summed E-state index contributed by atoms with van der Waals surface area (Å²) in [4.78, 5) is 24.2. The number of rotatable bonds is 10. The summed E-state index contributed by atoms with van der Waals surface area (Å²) in [7, 11) is 0. The number of nitrogens with zero attached hydrogens (tertiary/aromatic N) is 2. The van der Waals surface area contributed by atoms with E-state index in [9.17, 15) is 15.0 Å². The van der Waals surface area contributed by atoms with Crippen LogP contribution in [0.5, 0.6) is 11.6 Å². The highest BCUT2D eigenvalue weighted by molar-refractivity contribution is 14.1. The van der Waals surface area contributed by atoms with E-state index in [2.05, 4.69) is 37.5 Å². The summed E-state index contributed by atoms with van der Waals surface area (Å²) in [6.07, 6.45) is 0.687. The van der Waals surface area contributed by atoms with Gasteiger partial charge in [-0.15, -0.1) is 0 Å². The highest BCUT2D eigenvalue weighted by Crippen LogP contribution is 2.38. The van der Waals surface area contributed by atoms with Crippen molar-refractivity contribution in [1.82, 2.24) is 19.5 Å². The van der Waals surface area contributed by atoms with Gasteiger partial charge in [0.2, 0.25) is 5.88 Å². The van der Waals surface area contributed by atoms with Crippen LogP contribution in [0.3, 0.4) is 0 Å². The molecule has 0 aliphatic heterocycles. The van der Waals surface area contributed by atoms with Gasteiger partial charge in [-0.25, -0.2) is 9.78 Å². The molecule has 2 aromatic heterocycles. The van der Waals surface area contributed by atoms with E-state index in [1.54, 1.807) is 30.5 Å². The Morgan fingerprint density at radius 1 is 1.07 bits per heavy atom. The average molecular weight is 687 g/mol. The third kappa shape index (κ3) is 6.20. The molecule has 9 nitrogen and oxygen atoms in total. The number of H-pyrrole nitrogens is 2. The fraction of sp³-hybridized carbons (Fsp3) is 0.200. The van der Waals surface area contributed by atoms with E-state index < -0.39 is 24.4 Å². The predicted octanol–water partition coefficient (Wildman–Crippen LogP) is 5.32. The lowest BCUT2D eigenvalue weighted by molar-refractivity contribution is 0.0536. The van der Waals surface area contributed by atoms with Gasteiger partial charge in [-0.3, -0.25) is 4.57 Å². The highest BCUT2D eigenvalue weighted by atomic mass is 127. The Bertz CT molecular complexity index is 1680. The summed E-state index contributed by atoms with van der Waals surface area (Å²) >= 11 is 8.72. The van der Waals surface area contributed by atoms with Crippen LogP contribution >= 0.6 is 34.2 Å². The number of hydrogen-bond acceptors (Lipinski definition) is 6. The van der Waals surface area contributed by atoms with Gasteiger partial charge in [0.05, 0.1) is 23.5 Å². The number of aromatic nitrogens is 4. The minimum Gasteiger partial charge on any atom is -0.493 e. The number of hydrogen-bond donors (Lipinski definition) is 5. The van der Waals surface area contributed by atoms with Gasteiger partial charge in [-0.2, -0.15) is 0 Å². The van der Waals surface area contributed by atoms with E-state index in [4.69, 9.17) is 21.4 Å². The number of aliphatic hydroxyl groups excluding tert-OH is 2. The van der Waals surface area contributed by atoms with Crippen molar-refractivity contribution in [2.75, 3.05) is 13.2 Å². The van der Waals surface area contributed by atoms with Crippen LogP contribution in [0.15, 0.2) is 83.8 Å². The highest BCUT2D eigenvalue weighted by Gasteiger charge is 2.31. The van der Waals surface area contributed by atoms with Gasteiger partial charge in [0.1, 0.15) is 36.0 Å². The van der Waals surface area contributed by atoms with Crippen molar-refractivity contribution in [2.24, 2.45) is 0 Å². The van der Waals surface area contributed by atoms with Gasteiger partial charge in [0.15, 0.2) is 0 Å². The quantitative estimate of drug-likeness (QED) is 0.126. The zero-order valence-corrected chi connectivity index (χ0v) is 24.9. The molecule has 41 heavy (non-hydrogen) atoms. The number of halogens is 2. The zero-order valence-electron chi connectivity index (χ0n) is 22.0. The molecule has 0 radical (unpaired) electrons. The van der Waals surface area contributed by atoms with Gasteiger partial charge in [0.25, 0.3) is 0 Å². The van der Waals surface area contributed by atoms with Gasteiger partial charge in [-0.05, 0) is 64.6 Å². The summed E-state index contributed by atoms with van der Waals surface area (Å²) in [5, 5.41) is 30.5. The number of imidazole rings is 2. The van der Waals surface area contributed by atoms with E-state index in [0.717, 1.165) is 14.7 Å². The first-order chi connectivity index (χ1) is 19.8. The molecule has 0 saturated carbocycles. The molecule has 0 spiro atoms. The number of aliphatic hydroxyl groups is 2. The topological polar surface area (TPSA) is 136 Å².